The monoisotopic (exact) mass is 276 g/mol. The highest BCUT2D eigenvalue weighted by molar-refractivity contribution is 5.75. The van der Waals surface area contributed by atoms with Gasteiger partial charge in [-0.05, 0) is 24.5 Å². The Morgan fingerprint density at radius 3 is 2.65 bits per heavy atom. The summed E-state index contributed by atoms with van der Waals surface area (Å²) in [6.07, 6.45) is 7.25. The van der Waals surface area contributed by atoms with E-state index >= 15 is 0 Å². The maximum atomic E-state index is 11.2. The Morgan fingerprint density at radius 1 is 1.25 bits per heavy atom. The van der Waals surface area contributed by atoms with Crippen molar-refractivity contribution in [3.63, 3.8) is 0 Å². The fourth-order valence-electron chi connectivity index (χ4n) is 2.26. The van der Waals surface area contributed by atoms with Gasteiger partial charge in [-0.3, -0.25) is 9.59 Å². The minimum absolute atomic E-state index is 0.242. The van der Waals surface area contributed by atoms with Crippen molar-refractivity contribution in [1.29, 1.82) is 0 Å². The fraction of sp³-hybridized carbons (Fsp3) is 0.529. The summed E-state index contributed by atoms with van der Waals surface area (Å²) in [6.45, 7) is 3.61. The molecule has 0 aliphatic rings. The highest BCUT2D eigenvalue weighted by Crippen LogP contribution is 2.25. The third-order valence-corrected chi connectivity index (χ3v) is 3.30. The van der Waals surface area contributed by atoms with Crippen LogP contribution in [0.4, 0.5) is 0 Å². The predicted octanol–water partition coefficient (Wildman–Crippen LogP) is 4.46. The van der Waals surface area contributed by atoms with Crippen LogP contribution >= 0.6 is 0 Å². The van der Waals surface area contributed by atoms with E-state index in [1.54, 1.807) is 12.1 Å². The van der Waals surface area contributed by atoms with E-state index in [0.717, 1.165) is 31.1 Å². The van der Waals surface area contributed by atoms with Crippen molar-refractivity contribution in [2.24, 2.45) is 0 Å². The molecule has 0 radical (unpaired) electrons. The molecule has 0 saturated heterocycles. The maximum Gasteiger partial charge on any atom is 0.303 e. The number of carbonyl (C=O) groups excluding carboxylic acids is 2. The summed E-state index contributed by atoms with van der Waals surface area (Å²) in [5.41, 5.74) is 1.52. The quantitative estimate of drug-likeness (QED) is 0.380. The lowest BCUT2D eigenvalue weighted by molar-refractivity contribution is -0.147. The van der Waals surface area contributed by atoms with Crippen LogP contribution < -0.4 is 0 Å². The number of benzene rings is 1. The molecule has 0 bridgehead atoms. The summed E-state index contributed by atoms with van der Waals surface area (Å²) < 4.78 is 5.39. The molecular weight excluding hydrogens is 252 g/mol. The lowest BCUT2D eigenvalue weighted by Crippen LogP contribution is -2.09. The summed E-state index contributed by atoms with van der Waals surface area (Å²) in [6, 6.07) is 7.29. The average Bonchev–Trinajstić information content (AvgIpc) is 2.45. The van der Waals surface area contributed by atoms with E-state index in [0.29, 0.717) is 5.56 Å². The second-order valence-electron chi connectivity index (χ2n) is 5.09. The van der Waals surface area contributed by atoms with E-state index in [2.05, 4.69) is 6.92 Å². The number of hydrogen-bond acceptors (Lipinski definition) is 3. The molecule has 0 saturated carbocycles. The Balaban J connectivity index is 2.62. The summed E-state index contributed by atoms with van der Waals surface area (Å²) >= 11 is 0. The van der Waals surface area contributed by atoms with Crippen LogP contribution in [0.2, 0.25) is 0 Å². The van der Waals surface area contributed by atoms with Gasteiger partial charge < -0.3 is 4.74 Å². The first-order valence-corrected chi connectivity index (χ1v) is 7.39. The smallest absolute Gasteiger partial charge is 0.303 e. The van der Waals surface area contributed by atoms with Gasteiger partial charge in [0.05, 0.1) is 0 Å². The second kappa shape index (κ2) is 9.29. The Morgan fingerprint density at radius 2 is 2.00 bits per heavy atom. The summed E-state index contributed by atoms with van der Waals surface area (Å²) in [4.78, 5) is 22.1. The van der Waals surface area contributed by atoms with Crippen LogP contribution in [0.5, 0.6) is 0 Å². The van der Waals surface area contributed by atoms with Gasteiger partial charge in [0, 0.05) is 12.5 Å². The number of esters is 1. The number of aldehydes is 1. The van der Waals surface area contributed by atoms with E-state index in [1.807, 2.05) is 12.1 Å². The topological polar surface area (TPSA) is 43.4 Å². The van der Waals surface area contributed by atoms with Crippen molar-refractivity contribution in [2.75, 3.05) is 0 Å². The minimum Gasteiger partial charge on any atom is -0.458 e. The third-order valence-electron chi connectivity index (χ3n) is 3.30. The van der Waals surface area contributed by atoms with E-state index in [-0.39, 0.29) is 12.1 Å². The third kappa shape index (κ3) is 6.00. The lowest BCUT2D eigenvalue weighted by Gasteiger charge is -2.17. The molecule has 110 valence electrons. The molecule has 0 aromatic heterocycles. The fourth-order valence-corrected chi connectivity index (χ4v) is 2.26. The molecule has 0 unspecified atom stereocenters. The summed E-state index contributed by atoms with van der Waals surface area (Å²) in [5.74, 6) is -0.278. The normalized spacial score (nSPS) is 11.9. The zero-order chi connectivity index (χ0) is 14.8. The summed E-state index contributed by atoms with van der Waals surface area (Å²) in [5, 5.41) is 0. The summed E-state index contributed by atoms with van der Waals surface area (Å²) in [7, 11) is 0. The van der Waals surface area contributed by atoms with Crippen LogP contribution in [-0.2, 0) is 9.53 Å². The molecule has 0 heterocycles. The standard InChI is InChI=1S/C17H24O3/c1-3-4-5-6-7-11-17(20-14(2)19)16-10-8-9-15(12-16)13-18/h8-10,12-13,17H,3-7,11H2,1-2H3/t17-/m1/s1. The van der Waals surface area contributed by atoms with E-state index in [1.165, 1.54) is 26.2 Å². The minimum atomic E-state index is -0.278. The molecule has 0 amide bonds. The van der Waals surface area contributed by atoms with Crippen molar-refractivity contribution >= 4 is 12.3 Å². The first-order chi connectivity index (χ1) is 9.67. The van der Waals surface area contributed by atoms with Crippen LogP contribution in [-0.4, -0.2) is 12.3 Å². The van der Waals surface area contributed by atoms with Gasteiger partial charge in [-0.1, -0.05) is 50.8 Å². The van der Waals surface area contributed by atoms with Crippen molar-refractivity contribution in [3.8, 4) is 0 Å². The van der Waals surface area contributed by atoms with Crippen molar-refractivity contribution in [2.45, 2.75) is 58.5 Å². The highest BCUT2D eigenvalue weighted by Gasteiger charge is 2.14. The molecule has 1 aromatic carbocycles. The molecule has 1 atom stereocenters. The zero-order valence-electron chi connectivity index (χ0n) is 12.4. The zero-order valence-corrected chi connectivity index (χ0v) is 12.4. The molecule has 20 heavy (non-hydrogen) atoms. The molecule has 0 aliphatic carbocycles. The number of ether oxygens (including phenoxy) is 1. The number of carbonyl (C=O) groups is 2. The van der Waals surface area contributed by atoms with E-state index in [9.17, 15) is 9.59 Å². The largest absolute Gasteiger partial charge is 0.458 e. The molecule has 3 heteroatoms. The van der Waals surface area contributed by atoms with Gasteiger partial charge in [0.25, 0.3) is 0 Å². The maximum absolute atomic E-state index is 11.2. The molecule has 1 rings (SSSR count). The van der Waals surface area contributed by atoms with Gasteiger partial charge in [0.1, 0.15) is 12.4 Å². The average molecular weight is 276 g/mol. The van der Waals surface area contributed by atoms with Gasteiger partial charge in [-0.2, -0.15) is 0 Å². The molecule has 0 aliphatic heterocycles. The van der Waals surface area contributed by atoms with Crippen LogP contribution in [0.3, 0.4) is 0 Å². The van der Waals surface area contributed by atoms with Crippen LogP contribution in [0, 0.1) is 0 Å². The van der Waals surface area contributed by atoms with Crippen LogP contribution in [0.1, 0.15) is 74.4 Å². The van der Waals surface area contributed by atoms with Crippen molar-refractivity contribution in [3.05, 3.63) is 35.4 Å². The second-order valence-corrected chi connectivity index (χ2v) is 5.09. The van der Waals surface area contributed by atoms with Gasteiger partial charge >= 0.3 is 5.97 Å². The molecule has 3 nitrogen and oxygen atoms in total. The highest BCUT2D eigenvalue weighted by atomic mass is 16.5. The Kier molecular flexibility index (Phi) is 7.63. The lowest BCUT2D eigenvalue weighted by atomic mass is 10.0. The number of unbranched alkanes of at least 4 members (excludes halogenated alkanes) is 4. The molecule has 0 fully saturated rings. The van der Waals surface area contributed by atoms with Crippen LogP contribution in [0.25, 0.3) is 0 Å². The van der Waals surface area contributed by atoms with E-state index < -0.39 is 0 Å². The predicted molar refractivity (Wildman–Crippen MR) is 79.7 cm³/mol. The van der Waals surface area contributed by atoms with Gasteiger partial charge in [-0.25, -0.2) is 0 Å². The van der Waals surface area contributed by atoms with Gasteiger partial charge in [-0.15, -0.1) is 0 Å². The number of hydrogen-bond donors (Lipinski definition) is 0. The Hall–Kier alpha value is -1.64. The van der Waals surface area contributed by atoms with Gasteiger partial charge in [0.2, 0.25) is 0 Å². The first kappa shape index (κ1) is 16.4. The molecule has 0 N–H and O–H groups in total. The molecule has 1 aromatic rings. The van der Waals surface area contributed by atoms with Crippen molar-refractivity contribution in [1.82, 2.24) is 0 Å². The SMILES string of the molecule is CCCCCCC[C@@H](OC(C)=O)c1cccc(C=O)c1. The van der Waals surface area contributed by atoms with Gasteiger partial charge in [0.15, 0.2) is 0 Å². The number of rotatable bonds is 9. The van der Waals surface area contributed by atoms with Crippen molar-refractivity contribution < 1.29 is 14.3 Å². The van der Waals surface area contributed by atoms with E-state index in [4.69, 9.17) is 4.74 Å². The Bertz CT molecular complexity index is 426. The molecular formula is C17H24O3. The van der Waals surface area contributed by atoms with Crippen LogP contribution in [0.15, 0.2) is 24.3 Å². The first-order valence-electron chi connectivity index (χ1n) is 7.39. The molecule has 0 spiro atoms. The Labute approximate surface area is 121 Å².